The molecule has 6 nitrogen and oxygen atoms in total. The number of nitrogens with zero attached hydrogens (tertiary/aromatic N) is 3. The summed E-state index contributed by atoms with van der Waals surface area (Å²) in [5.74, 6) is 1.23. The number of aromatic nitrogens is 3. The van der Waals surface area contributed by atoms with E-state index in [1.807, 2.05) is 23.7 Å². The van der Waals surface area contributed by atoms with E-state index in [4.69, 9.17) is 4.74 Å². The quantitative estimate of drug-likeness (QED) is 0.539. The molecule has 1 fully saturated rings. The number of ether oxygens (including phenoxy) is 1. The Bertz CT molecular complexity index is 1050. The van der Waals surface area contributed by atoms with Gasteiger partial charge in [0.1, 0.15) is 11.6 Å². The summed E-state index contributed by atoms with van der Waals surface area (Å²) < 4.78 is 21.1. The second kappa shape index (κ2) is 10.1. The molecule has 1 atom stereocenters. The average Bonchev–Trinajstić information content (AvgIpc) is 3.42. The minimum Gasteiger partial charge on any atom is -0.377 e. The maximum Gasteiger partial charge on any atom is 0.251 e. The highest BCUT2D eigenvalue weighted by Crippen LogP contribution is 2.23. The Balaban J connectivity index is 1.31. The van der Waals surface area contributed by atoms with Crippen LogP contribution in [0.2, 0.25) is 0 Å². The van der Waals surface area contributed by atoms with Crippen molar-refractivity contribution in [3.63, 3.8) is 0 Å². The van der Waals surface area contributed by atoms with Crippen LogP contribution >= 0.6 is 11.8 Å². The molecule has 1 N–H and O–H groups in total. The zero-order chi connectivity index (χ0) is 21.6. The summed E-state index contributed by atoms with van der Waals surface area (Å²) in [6.45, 7) is 1.30. The zero-order valence-corrected chi connectivity index (χ0v) is 18.2. The number of thioether (sulfide) groups is 1. The number of halogens is 1. The lowest BCUT2D eigenvalue weighted by molar-refractivity contribution is 0.0954. The fourth-order valence-corrected chi connectivity index (χ4v) is 4.53. The first kappa shape index (κ1) is 21.5. The lowest BCUT2D eigenvalue weighted by Gasteiger charge is -2.09. The predicted octanol–water partition coefficient (Wildman–Crippen LogP) is 3.86. The number of carbonyl (C=O) groups excluding carboxylic acids is 1. The highest BCUT2D eigenvalue weighted by Gasteiger charge is 2.18. The molecule has 1 aromatic heterocycles. The van der Waals surface area contributed by atoms with Gasteiger partial charge in [-0.2, -0.15) is 0 Å². The fraction of sp³-hybridized carbons (Fsp3) is 0.348. The molecule has 1 aliphatic rings. The molecule has 1 saturated heterocycles. The van der Waals surface area contributed by atoms with Gasteiger partial charge in [-0.05, 0) is 48.2 Å². The van der Waals surface area contributed by atoms with Crippen LogP contribution in [0.1, 0.15) is 29.0 Å². The Morgan fingerprint density at radius 1 is 1.23 bits per heavy atom. The van der Waals surface area contributed by atoms with Gasteiger partial charge in [0.05, 0.1) is 6.10 Å². The Labute approximate surface area is 185 Å². The Morgan fingerprint density at radius 3 is 2.81 bits per heavy atom. The van der Waals surface area contributed by atoms with Crippen molar-refractivity contribution in [1.82, 2.24) is 20.1 Å². The molecule has 162 valence electrons. The normalized spacial score (nSPS) is 15.9. The molecule has 4 rings (SSSR count). The number of rotatable bonds is 8. The molecule has 0 unspecified atom stereocenters. The van der Waals surface area contributed by atoms with Crippen LogP contribution in [0.15, 0.2) is 53.7 Å². The summed E-state index contributed by atoms with van der Waals surface area (Å²) in [5, 5.41) is 12.3. The van der Waals surface area contributed by atoms with Crippen molar-refractivity contribution in [3.05, 3.63) is 65.7 Å². The molecule has 0 bridgehead atoms. The van der Waals surface area contributed by atoms with Gasteiger partial charge in [0.25, 0.3) is 5.91 Å². The first-order valence-electron chi connectivity index (χ1n) is 10.4. The zero-order valence-electron chi connectivity index (χ0n) is 17.4. The molecule has 0 radical (unpaired) electrons. The number of hydrogen-bond acceptors (Lipinski definition) is 5. The van der Waals surface area contributed by atoms with Crippen molar-refractivity contribution >= 4 is 17.7 Å². The summed E-state index contributed by atoms with van der Waals surface area (Å²) in [5.41, 5.74) is 2.07. The van der Waals surface area contributed by atoms with Crippen LogP contribution < -0.4 is 5.32 Å². The summed E-state index contributed by atoms with van der Waals surface area (Å²) in [6, 6.07) is 13.5. The largest absolute Gasteiger partial charge is 0.377 e. The van der Waals surface area contributed by atoms with Crippen LogP contribution in [0.4, 0.5) is 4.39 Å². The van der Waals surface area contributed by atoms with Crippen molar-refractivity contribution in [2.45, 2.75) is 30.5 Å². The third-order valence-electron chi connectivity index (χ3n) is 5.26. The summed E-state index contributed by atoms with van der Waals surface area (Å²) in [7, 11) is 1.94. The van der Waals surface area contributed by atoms with E-state index in [1.54, 1.807) is 36.0 Å². The van der Waals surface area contributed by atoms with Crippen molar-refractivity contribution in [2.24, 2.45) is 7.05 Å². The number of benzene rings is 2. The standard InChI is InChI=1S/C23H25FN4O2S/c1-28-21(26-27-23(28)31-15-20-9-4-12-30-20)10-11-25-22(29)18-7-2-5-16(13-18)17-6-3-8-19(24)14-17/h2-3,5-8,13-14,20H,4,9-12,15H2,1H3,(H,25,29)/t20-/m0/s1. The van der Waals surface area contributed by atoms with Gasteiger partial charge in [-0.25, -0.2) is 4.39 Å². The van der Waals surface area contributed by atoms with Crippen molar-refractivity contribution in [3.8, 4) is 11.1 Å². The van der Waals surface area contributed by atoms with Gasteiger partial charge in [-0.1, -0.05) is 36.0 Å². The Kier molecular flexibility index (Phi) is 6.99. The van der Waals surface area contributed by atoms with Crippen LogP contribution in [0.3, 0.4) is 0 Å². The van der Waals surface area contributed by atoms with E-state index in [9.17, 15) is 9.18 Å². The van der Waals surface area contributed by atoms with E-state index in [1.165, 1.54) is 12.1 Å². The van der Waals surface area contributed by atoms with Crippen LogP contribution in [-0.2, 0) is 18.2 Å². The fourth-order valence-electron chi connectivity index (χ4n) is 3.53. The maximum atomic E-state index is 13.5. The van der Waals surface area contributed by atoms with Gasteiger partial charge in [0, 0.05) is 37.9 Å². The molecule has 2 aromatic carbocycles. The smallest absolute Gasteiger partial charge is 0.251 e. The number of amides is 1. The van der Waals surface area contributed by atoms with Gasteiger partial charge in [0.15, 0.2) is 5.16 Å². The van der Waals surface area contributed by atoms with Gasteiger partial charge in [-0.3, -0.25) is 4.79 Å². The molecular formula is C23H25FN4O2S. The molecule has 1 aliphatic heterocycles. The van der Waals surface area contributed by atoms with E-state index in [0.29, 0.717) is 24.6 Å². The minimum absolute atomic E-state index is 0.173. The highest BCUT2D eigenvalue weighted by molar-refractivity contribution is 7.99. The van der Waals surface area contributed by atoms with Crippen molar-refractivity contribution in [1.29, 1.82) is 0 Å². The second-order valence-electron chi connectivity index (χ2n) is 7.50. The Hall–Kier alpha value is -2.71. The van der Waals surface area contributed by atoms with E-state index >= 15 is 0 Å². The van der Waals surface area contributed by atoms with E-state index < -0.39 is 0 Å². The summed E-state index contributed by atoms with van der Waals surface area (Å²) in [6.07, 6.45) is 3.11. The van der Waals surface area contributed by atoms with Gasteiger partial charge in [-0.15, -0.1) is 10.2 Å². The van der Waals surface area contributed by atoms with Gasteiger partial charge < -0.3 is 14.6 Å². The van der Waals surface area contributed by atoms with E-state index in [-0.39, 0.29) is 11.7 Å². The first-order chi connectivity index (χ1) is 15.1. The van der Waals surface area contributed by atoms with Gasteiger partial charge in [0.2, 0.25) is 0 Å². The molecule has 2 heterocycles. The average molecular weight is 441 g/mol. The highest BCUT2D eigenvalue weighted by atomic mass is 32.2. The number of nitrogens with one attached hydrogen (secondary N) is 1. The molecular weight excluding hydrogens is 415 g/mol. The van der Waals surface area contributed by atoms with Gasteiger partial charge >= 0.3 is 0 Å². The first-order valence-corrected chi connectivity index (χ1v) is 11.4. The SMILES string of the molecule is Cn1c(CCNC(=O)c2cccc(-c3cccc(F)c3)c2)nnc1SC[C@@H]1CCCO1. The van der Waals surface area contributed by atoms with Crippen LogP contribution in [0.5, 0.6) is 0 Å². The van der Waals surface area contributed by atoms with Crippen molar-refractivity contribution in [2.75, 3.05) is 18.9 Å². The predicted molar refractivity (Wildman–Crippen MR) is 119 cm³/mol. The topological polar surface area (TPSA) is 69.0 Å². The van der Waals surface area contributed by atoms with Crippen LogP contribution in [0, 0.1) is 5.82 Å². The van der Waals surface area contributed by atoms with E-state index in [0.717, 1.165) is 47.3 Å². The maximum absolute atomic E-state index is 13.5. The summed E-state index contributed by atoms with van der Waals surface area (Å²) in [4.78, 5) is 12.6. The number of hydrogen-bond donors (Lipinski definition) is 1. The third kappa shape index (κ3) is 5.51. The second-order valence-corrected chi connectivity index (χ2v) is 8.49. The molecule has 0 saturated carbocycles. The number of carbonyl (C=O) groups is 1. The minimum atomic E-state index is -0.302. The molecule has 3 aromatic rings. The van der Waals surface area contributed by atoms with Crippen LogP contribution in [0.25, 0.3) is 11.1 Å². The Morgan fingerprint density at radius 2 is 2.03 bits per heavy atom. The lowest BCUT2D eigenvalue weighted by Crippen LogP contribution is -2.26. The lowest BCUT2D eigenvalue weighted by atomic mass is 10.0. The van der Waals surface area contributed by atoms with E-state index in [2.05, 4.69) is 15.5 Å². The van der Waals surface area contributed by atoms with Crippen LogP contribution in [-0.4, -0.2) is 45.7 Å². The molecule has 0 aliphatic carbocycles. The molecule has 8 heteroatoms. The third-order valence-corrected chi connectivity index (χ3v) is 6.42. The monoisotopic (exact) mass is 440 g/mol. The molecule has 1 amide bonds. The van der Waals surface area contributed by atoms with Crippen molar-refractivity contribution < 1.29 is 13.9 Å². The summed E-state index contributed by atoms with van der Waals surface area (Å²) >= 11 is 1.65. The molecule has 31 heavy (non-hydrogen) atoms. The molecule has 0 spiro atoms.